The predicted molar refractivity (Wildman–Crippen MR) is 68.1 cm³/mol. The number of nitrogens with one attached hydrogen (secondary N) is 1. The lowest BCUT2D eigenvalue weighted by atomic mass is 9.88. The first kappa shape index (κ1) is 18.7. The second-order valence-corrected chi connectivity index (χ2v) is 4.76. The molecule has 0 saturated carbocycles. The Labute approximate surface area is 127 Å². The van der Waals surface area contributed by atoms with E-state index in [2.05, 4.69) is 5.32 Å². The molecule has 0 radical (unpaired) electrons. The largest absolute Gasteiger partial charge is 0.544 e. The number of amides is 1. The molecule has 6 atom stereocenters. The van der Waals surface area contributed by atoms with Gasteiger partial charge in [-0.1, -0.05) is 0 Å². The molecular formula is C11H22N2O9. The summed E-state index contributed by atoms with van der Waals surface area (Å²) in [5.74, 6) is -5.88. The van der Waals surface area contributed by atoms with Crippen LogP contribution in [0.15, 0.2) is 0 Å². The van der Waals surface area contributed by atoms with Gasteiger partial charge in [0.15, 0.2) is 0 Å². The van der Waals surface area contributed by atoms with E-state index >= 15 is 0 Å². The maximum Gasteiger partial charge on any atom is 0.217 e. The molecule has 1 unspecified atom stereocenters. The number of carboxylic acid groups (broad SMARTS) is 1. The topological polar surface area (TPSA) is 216 Å². The summed E-state index contributed by atoms with van der Waals surface area (Å²) in [7, 11) is 0. The average Bonchev–Trinajstić information content (AvgIpc) is 2.47. The molecule has 1 aliphatic heterocycles. The van der Waals surface area contributed by atoms with Gasteiger partial charge in [-0.15, -0.1) is 0 Å². The molecule has 0 aromatic heterocycles. The number of quaternary nitrogens is 1. The van der Waals surface area contributed by atoms with Gasteiger partial charge in [0.1, 0.15) is 24.3 Å². The van der Waals surface area contributed by atoms with Gasteiger partial charge in [-0.2, -0.15) is 0 Å². The molecule has 11 heteroatoms. The molecule has 1 amide bonds. The SMILES string of the molecule is [2H]CC(=O)N[C@H]1[C@H]([C@H](O)[C@H](O)CO)OC(O)(C(=O)[O-])C[C@@H]1O.[NH4+]. The molecule has 1 rings (SSSR count). The zero-order valence-corrected chi connectivity index (χ0v) is 11.9. The van der Waals surface area contributed by atoms with E-state index in [1.54, 1.807) is 0 Å². The third-order valence-corrected chi connectivity index (χ3v) is 3.15. The highest BCUT2D eigenvalue weighted by atomic mass is 16.7. The van der Waals surface area contributed by atoms with Crippen molar-refractivity contribution in [2.45, 2.75) is 49.6 Å². The number of ether oxygens (including phenoxy) is 1. The van der Waals surface area contributed by atoms with Gasteiger partial charge in [0.25, 0.3) is 0 Å². The summed E-state index contributed by atoms with van der Waals surface area (Å²) in [6, 6.07) is -1.41. The number of carboxylic acids is 1. The lowest BCUT2D eigenvalue weighted by molar-refractivity contribution is -0.374. The first-order valence-corrected chi connectivity index (χ1v) is 6.01. The van der Waals surface area contributed by atoms with Crippen LogP contribution >= 0.6 is 0 Å². The maximum atomic E-state index is 11.3. The second kappa shape index (κ2) is 7.78. The molecule has 130 valence electrons. The summed E-state index contributed by atoms with van der Waals surface area (Å²) in [6.07, 6.45) is -8.00. The highest BCUT2D eigenvalue weighted by Gasteiger charge is 2.50. The Morgan fingerprint density at radius 1 is 1.55 bits per heavy atom. The average molecular weight is 327 g/mol. The number of hydrogen-bond donors (Lipinski definition) is 7. The third-order valence-electron chi connectivity index (χ3n) is 3.15. The molecular weight excluding hydrogens is 304 g/mol. The Bertz CT molecular complexity index is 426. The number of aliphatic hydroxyl groups excluding tert-OH is 4. The van der Waals surface area contributed by atoms with Crippen molar-refractivity contribution < 1.29 is 46.3 Å². The summed E-state index contributed by atoms with van der Waals surface area (Å²) >= 11 is 0. The Hall–Kier alpha value is -1.34. The molecule has 1 aliphatic rings. The third kappa shape index (κ3) is 4.33. The van der Waals surface area contributed by atoms with Gasteiger partial charge in [0, 0.05) is 14.7 Å². The first-order chi connectivity index (χ1) is 10.2. The van der Waals surface area contributed by atoms with Crippen LogP contribution in [-0.2, 0) is 14.3 Å². The molecule has 10 N–H and O–H groups in total. The van der Waals surface area contributed by atoms with E-state index in [1.165, 1.54) is 0 Å². The van der Waals surface area contributed by atoms with E-state index in [-0.39, 0.29) is 6.15 Å². The van der Waals surface area contributed by atoms with Crippen molar-refractivity contribution in [3.05, 3.63) is 0 Å². The number of carbonyl (C=O) groups excluding carboxylic acids is 2. The summed E-state index contributed by atoms with van der Waals surface area (Å²) in [5, 5.41) is 60.8. The fourth-order valence-electron chi connectivity index (χ4n) is 2.08. The van der Waals surface area contributed by atoms with Gasteiger partial charge < -0.3 is 51.6 Å². The van der Waals surface area contributed by atoms with Crippen LogP contribution < -0.4 is 16.6 Å². The Balaban J connectivity index is 0.00000484. The standard InChI is InChI=1S/C11H19NO9.H3N/c1-4(14)12-7-5(15)2-11(20,10(18)19)21-9(7)8(17)6(16)3-13;/h5-9,13,15-17,20H,2-3H2,1H3,(H,12,14)(H,18,19);1H3/t5-,6+,7+,8+,9+,11?;/m0./s1/i1D;. The first-order valence-electron chi connectivity index (χ1n) is 6.72. The van der Waals surface area contributed by atoms with E-state index in [4.69, 9.17) is 11.2 Å². The van der Waals surface area contributed by atoms with Crippen LogP contribution in [0.4, 0.5) is 0 Å². The van der Waals surface area contributed by atoms with Gasteiger partial charge in [0.05, 0.1) is 18.8 Å². The Morgan fingerprint density at radius 3 is 2.59 bits per heavy atom. The molecule has 0 aromatic rings. The van der Waals surface area contributed by atoms with Crippen molar-refractivity contribution in [2.24, 2.45) is 0 Å². The molecule has 0 aromatic carbocycles. The number of carbonyl (C=O) groups is 2. The maximum absolute atomic E-state index is 11.3. The smallest absolute Gasteiger partial charge is 0.217 e. The predicted octanol–water partition coefficient (Wildman–Crippen LogP) is -4.83. The van der Waals surface area contributed by atoms with Gasteiger partial charge in [0.2, 0.25) is 11.7 Å². The highest BCUT2D eigenvalue weighted by molar-refractivity contribution is 5.74. The molecule has 1 saturated heterocycles. The lowest BCUT2D eigenvalue weighted by Crippen LogP contribution is -2.68. The fourth-order valence-corrected chi connectivity index (χ4v) is 2.08. The van der Waals surface area contributed by atoms with Gasteiger partial charge in [-0.3, -0.25) is 4.79 Å². The van der Waals surface area contributed by atoms with Crippen LogP contribution in [0.1, 0.15) is 14.7 Å². The van der Waals surface area contributed by atoms with Crippen molar-refractivity contribution >= 4 is 11.9 Å². The summed E-state index contributed by atoms with van der Waals surface area (Å²) < 4.78 is 11.7. The Morgan fingerprint density at radius 2 is 2.14 bits per heavy atom. The molecule has 22 heavy (non-hydrogen) atoms. The second-order valence-electron chi connectivity index (χ2n) is 4.76. The highest BCUT2D eigenvalue weighted by Crippen LogP contribution is 2.29. The molecule has 1 heterocycles. The van der Waals surface area contributed by atoms with Crippen LogP contribution in [0.3, 0.4) is 0 Å². The zero-order valence-electron chi connectivity index (χ0n) is 12.9. The Kier molecular flexibility index (Phi) is 6.62. The van der Waals surface area contributed by atoms with E-state index < -0.39 is 68.0 Å². The van der Waals surface area contributed by atoms with Crippen molar-refractivity contribution in [3.63, 3.8) is 0 Å². The van der Waals surface area contributed by atoms with Crippen molar-refractivity contribution in [2.75, 3.05) is 6.61 Å². The number of hydrogen-bond acceptors (Lipinski definition) is 9. The normalized spacial score (nSPS) is 34.8. The molecule has 0 spiro atoms. The minimum atomic E-state index is -2.94. The number of rotatable bonds is 5. The molecule has 11 nitrogen and oxygen atoms in total. The minimum absolute atomic E-state index is 0. The van der Waals surface area contributed by atoms with E-state index in [0.29, 0.717) is 0 Å². The van der Waals surface area contributed by atoms with Crippen LogP contribution in [0, 0.1) is 0 Å². The fraction of sp³-hybridized carbons (Fsp3) is 0.818. The van der Waals surface area contributed by atoms with Crippen molar-refractivity contribution in [1.29, 1.82) is 0 Å². The summed E-state index contributed by atoms with van der Waals surface area (Å²) in [6.45, 7) is -1.63. The van der Waals surface area contributed by atoms with Crippen molar-refractivity contribution in [1.82, 2.24) is 11.5 Å². The van der Waals surface area contributed by atoms with Crippen LogP contribution in [0.2, 0.25) is 0 Å². The minimum Gasteiger partial charge on any atom is -0.544 e. The van der Waals surface area contributed by atoms with Gasteiger partial charge in [-0.25, -0.2) is 0 Å². The van der Waals surface area contributed by atoms with Crippen LogP contribution in [-0.4, -0.2) is 80.3 Å². The lowest BCUT2D eigenvalue weighted by Gasteiger charge is -2.46. The molecule has 0 bridgehead atoms. The zero-order chi connectivity index (χ0) is 17.1. The number of aliphatic hydroxyl groups is 5. The van der Waals surface area contributed by atoms with Crippen LogP contribution in [0.5, 0.6) is 0 Å². The number of aliphatic carboxylic acids is 1. The molecule has 1 fully saturated rings. The van der Waals surface area contributed by atoms with E-state index in [0.717, 1.165) is 0 Å². The summed E-state index contributed by atoms with van der Waals surface area (Å²) in [5.41, 5.74) is 0. The van der Waals surface area contributed by atoms with E-state index in [9.17, 15) is 35.1 Å². The monoisotopic (exact) mass is 327 g/mol. The van der Waals surface area contributed by atoms with Crippen LogP contribution in [0.25, 0.3) is 0 Å². The van der Waals surface area contributed by atoms with Crippen molar-refractivity contribution in [3.8, 4) is 0 Å². The van der Waals surface area contributed by atoms with Gasteiger partial charge in [-0.05, 0) is 0 Å². The quantitative estimate of drug-likeness (QED) is 0.257. The van der Waals surface area contributed by atoms with Gasteiger partial charge >= 0.3 is 0 Å². The molecule has 0 aliphatic carbocycles. The van der Waals surface area contributed by atoms with E-state index in [1.807, 2.05) is 0 Å². The summed E-state index contributed by atoms with van der Waals surface area (Å²) in [4.78, 5) is 22.2.